The summed E-state index contributed by atoms with van der Waals surface area (Å²) in [5.74, 6) is -1.73. The molecule has 7 nitrogen and oxygen atoms in total. The van der Waals surface area contributed by atoms with Gasteiger partial charge >= 0.3 is 12.0 Å². The third kappa shape index (κ3) is 5.96. The van der Waals surface area contributed by atoms with E-state index in [9.17, 15) is 14.4 Å². The molecule has 1 aromatic carbocycles. The van der Waals surface area contributed by atoms with E-state index in [-0.39, 0.29) is 12.8 Å². The molecule has 3 amide bonds. The summed E-state index contributed by atoms with van der Waals surface area (Å²) in [6.45, 7) is 0.411. The number of benzene rings is 1. The second-order valence-corrected chi connectivity index (χ2v) is 4.03. The largest absolute Gasteiger partial charge is 0.481 e. The van der Waals surface area contributed by atoms with Crippen molar-refractivity contribution in [1.29, 1.82) is 0 Å². The van der Waals surface area contributed by atoms with E-state index in [1.165, 1.54) is 0 Å². The number of hydrogen-bond donors (Lipinski definition) is 3. The maximum absolute atomic E-state index is 11.5. The van der Waals surface area contributed by atoms with Crippen LogP contribution in [0.25, 0.3) is 0 Å². The zero-order valence-corrected chi connectivity index (χ0v) is 11.0. The molecule has 1 rings (SSSR count). The lowest BCUT2D eigenvalue weighted by atomic mass is 10.2. The van der Waals surface area contributed by atoms with Crippen LogP contribution >= 0.6 is 0 Å². The van der Waals surface area contributed by atoms with Crippen LogP contribution in [0.4, 0.5) is 10.5 Å². The molecule has 0 bridgehead atoms. The summed E-state index contributed by atoms with van der Waals surface area (Å²) in [6.07, 6.45) is -0.561. The number of amides is 3. The number of rotatable bonds is 6. The molecule has 0 aromatic heterocycles. The molecule has 0 radical (unpaired) electrons. The number of aliphatic carboxylic acids is 1. The lowest BCUT2D eigenvalue weighted by Gasteiger charge is -2.07. The standard InChI is InChI=1S/C13H16N2O5/c1-20-8-9-3-2-4-10(7-9)14-13(19)15-11(16)5-6-12(17)18/h2-4,7H,5-6,8H2,1H3,(H,17,18)(H2,14,15,16,19). The van der Waals surface area contributed by atoms with E-state index in [4.69, 9.17) is 9.84 Å². The number of anilines is 1. The fourth-order valence-electron chi connectivity index (χ4n) is 1.48. The number of carboxylic acids is 1. The number of methoxy groups -OCH3 is 1. The first-order valence-corrected chi connectivity index (χ1v) is 5.91. The van der Waals surface area contributed by atoms with Crippen LogP contribution < -0.4 is 10.6 Å². The first kappa shape index (κ1) is 15.6. The Morgan fingerprint density at radius 1 is 1.25 bits per heavy atom. The van der Waals surface area contributed by atoms with Crippen molar-refractivity contribution in [1.82, 2.24) is 5.32 Å². The number of carboxylic acid groups (broad SMARTS) is 1. The second-order valence-electron chi connectivity index (χ2n) is 4.03. The smallest absolute Gasteiger partial charge is 0.325 e. The first-order valence-electron chi connectivity index (χ1n) is 5.91. The quantitative estimate of drug-likeness (QED) is 0.729. The summed E-state index contributed by atoms with van der Waals surface area (Å²) in [6, 6.07) is 6.27. The van der Waals surface area contributed by atoms with Crippen molar-refractivity contribution in [3.8, 4) is 0 Å². The molecule has 0 heterocycles. The minimum absolute atomic E-state index is 0.244. The van der Waals surface area contributed by atoms with Gasteiger partial charge in [-0.15, -0.1) is 0 Å². The molecule has 3 N–H and O–H groups in total. The van der Waals surface area contributed by atoms with Crippen LogP contribution in [0.15, 0.2) is 24.3 Å². The summed E-state index contributed by atoms with van der Waals surface area (Å²) in [4.78, 5) is 33.1. The second kappa shape index (κ2) is 7.90. The minimum Gasteiger partial charge on any atom is -0.481 e. The third-order valence-corrected chi connectivity index (χ3v) is 2.31. The summed E-state index contributed by atoms with van der Waals surface area (Å²) in [7, 11) is 1.56. The number of urea groups is 1. The summed E-state index contributed by atoms with van der Waals surface area (Å²) < 4.78 is 4.97. The van der Waals surface area contributed by atoms with E-state index in [0.29, 0.717) is 12.3 Å². The molecular weight excluding hydrogens is 264 g/mol. The third-order valence-electron chi connectivity index (χ3n) is 2.31. The molecular formula is C13H16N2O5. The van der Waals surface area contributed by atoms with E-state index < -0.39 is 17.9 Å². The minimum atomic E-state index is -1.09. The van der Waals surface area contributed by atoms with Gasteiger partial charge in [0.05, 0.1) is 13.0 Å². The van der Waals surface area contributed by atoms with Gasteiger partial charge in [-0.1, -0.05) is 12.1 Å². The molecule has 0 fully saturated rings. The van der Waals surface area contributed by atoms with Crippen LogP contribution in [0, 0.1) is 0 Å². The molecule has 108 valence electrons. The molecule has 0 aliphatic heterocycles. The van der Waals surface area contributed by atoms with Gasteiger partial charge in [0.2, 0.25) is 5.91 Å². The van der Waals surface area contributed by atoms with E-state index in [1.54, 1.807) is 25.3 Å². The van der Waals surface area contributed by atoms with Crippen LogP contribution in [-0.4, -0.2) is 30.1 Å². The number of nitrogens with one attached hydrogen (secondary N) is 2. The highest BCUT2D eigenvalue weighted by molar-refractivity contribution is 6.01. The van der Waals surface area contributed by atoms with Gasteiger partial charge in [0.15, 0.2) is 0 Å². The van der Waals surface area contributed by atoms with Crippen LogP contribution in [0.5, 0.6) is 0 Å². The lowest BCUT2D eigenvalue weighted by molar-refractivity contribution is -0.138. The monoisotopic (exact) mass is 280 g/mol. The Labute approximate surface area is 115 Å². The lowest BCUT2D eigenvalue weighted by Crippen LogP contribution is -2.34. The normalized spacial score (nSPS) is 9.85. The van der Waals surface area contributed by atoms with E-state index in [0.717, 1.165) is 5.56 Å². The van der Waals surface area contributed by atoms with E-state index in [2.05, 4.69) is 10.6 Å². The van der Waals surface area contributed by atoms with E-state index >= 15 is 0 Å². The van der Waals surface area contributed by atoms with Gasteiger partial charge in [0.25, 0.3) is 0 Å². The highest BCUT2D eigenvalue weighted by Crippen LogP contribution is 2.11. The summed E-state index contributed by atoms with van der Waals surface area (Å²) in [5, 5.41) is 13.0. The first-order chi connectivity index (χ1) is 9.51. The summed E-state index contributed by atoms with van der Waals surface area (Å²) in [5.41, 5.74) is 1.39. The zero-order valence-electron chi connectivity index (χ0n) is 11.0. The van der Waals surface area contributed by atoms with Crippen molar-refractivity contribution in [2.75, 3.05) is 12.4 Å². The van der Waals surface area contributed by atoms with Gasteiger partial charge in [-0.25, -0.2) is 4.79 Å². The number of carbonyl (C=O) groups is 3. The number of imide groups is 1. The fraction of sp³-hybridized carbons (Fsp3) is 0.308. The zero-order chi connectivity index (χ0) is 15.0. The van der Waals surface area contributed by atoms with Crippen molar-refractivity contribution in [2.45, 2.75) is 19.4 Å². The van der Waals surface area contributed by atoms with Gasteiger partial charge in [-0.3, -0.25) is 14.9 Å². The average molecular weight is 280 g/mol. The molecule has 0 aliphatic rings. The van der Waals surface area contributed by atoms with Crippen LogP contribution in [0.1, 0.15) is 18.4 Å². The van der Waals surface area contributed by atoms with Crippen molar-refractivity contribution in [3.05, 3.63) is 29.8 Å². The molecule has 1 aromatic rings. The number of hydrogen-bond acceptors (Lipinski definition) is 4. The SMILES string of the molecule is COCc1cccc(NC(=O)NC(=O)CCC(=O)O)c1. The molecule has 0 saturated carbocycles. The highest BCUT2D eigenvalue weighted by Gasteiger charge is 2.09. The molecule has 7 heteroatoms. The maximum Gasteiger partial charge on any atom is 0.325 e. The van der Waals surface area contributed by atoms with Gasteiger partial charge in [-0.05, 0) is 17.7 Å². The maximum atomic E-state index is 11.5. The topological polar surface area (TPSA) is 105 Å². The number of ether oxygens (including phenoxy) is 1. The molecule has 0 atom stereocenters. The van der Waals surface area contributed by atoms with Crippen molar-refractivity contribution in [3.63, 3.8) is 0 Å². The molecule has 0 unspecified atom stereocenters. The van der Waals surface area contributed by atoms with Crippen LogP contribution in [0.3, 0.4) is 0 Å². The fourth-order valence-corrected chi connectivity index (χ4v) is 1.48. The van der Waals surface area contributed by atoms with E-state index in [1.807, 2.05) is 6.07 Å². The molecule has 0 saturated heterocycles. The Kier molecular flexibility index (Phi) is 6.18. The van der Waals surface area contributed by atoms with Crippen molar-refractivity contribution < 1.29 is 24.2 Å². The molecule has 20 heavy (non-hydrogen) atoms. The molecule has 0 spiro atoms. The van der Waals surface area contributed by atoms with Gasteiger partial charge in [0.1, 0.15) is 0 Å². The van der Waals surface area contributed by atoms with Crippen LogP contribution in [0.2, 0.25) is 0 Å². The van der Waals surface area contributed by atoms with Crippen molar-refractivity contribution >= 4 is 23.6 Å². The number of carbonyl (C=O) groups excluding carboxylic acids is 2. The van der Waals surface area contributed by atoms with Gasteiger partial charge in [-0.2, -0.15) is 0 Å². The molecule has 0 aliphatic carbocycles. The van der Waals surface area contributed by atoms with Crippen LogP contribution in [-0.2, 0) is 20.9 Å². The average Bonchev–Trinajstić information content (AvgIpc) is 2.37. The highest BCUT2D eigenvalue weighted by atomic mass is 16.5. The predicted octanol–water partition coefficient (Wildman–Crippen LogP) is 1.35. The summed E-state index contributed by atoms with van der Waals surface area (Å²) >= 11 is 0. The Balaban J connectivity index is 2.47. The Hall–Kier alpha value is -2.41. The Bertz CT molecular complexity index is 501. The Morgan fingerprint density at radius 3 is 2.65 bits per heavy atom. The van der Waals surface area contributed by atoms with Gasteiger partial charge < -0.3 is 15.2 Å². The predicted molar refractivity (Wildman–Crippen MR) is 71.2 cm³/mol. The van der Waals surface area contributed by atoms with Gasteiger partial charge in [0, 0.05) is 19.2 Å². The Morgan fingerprint density at radius 2 is 2.00 bits per heavy atom. The van der Waals surface area contributed by atoms with Crippen molar-refractivity contribution in [2.24, 2.45) is 0 Å².